The summed E-state index contributed by atoms with van der Waals surface area (Å²) in [5.74, 6) is 0. The topological polar surface area (TPSA) is 138 Å². The minimum Gasteiger partial charge on any atom is -0.394 e. The van der Waals surface area contributed by atoms with Gasteiger partial charge in [-0.05, 0) is 13.8 Å². The van der Waals surface area contributed by atoms with Crippen LogP contribution < -0.4 is 0 Å². The quantitative estimate of drug-likeness (QED) is 0.308. The average molecular weight is 326 g/mol. The van der Waals surface area contributed by atoms with Crippen LogP contribution in [-0.4, -0.2) is 95.1 Å². The lowest BCUT2D eigenvalue weighted by Gasteiger charge is -2.39. The molecule has 1 aliphatic rings. The molecule has 0 aromatic heterocycles. The predicted octanol–water partition coefficient (Wildman–Crippen LogP) is -2.44. The lowest BCUT2D eigenvalue weighted by molar-refractivity contribution is -0.301. The van der Waals surface area contributed by atoms with Crippen molar-refractivity contribution in [3.05, 3.63) is 0 Å². The lowest BCUT2D eigenvalue weighted by Crippen LogP contribution is -2.57. The lowest BCUT2D eigenvalue weighted by atomic mass is 10.00. The second-order valence-electron chi connectivity index (χ2n) is 5.25. The zero-order chi connectivity index (χ0) is 16.9. The van der Waals surface area contributed by atoms with Crippen LogP contribution in [0.1, 0.15) is 13.8 Å². The summed E-state index contributed by atoms with van der Waals surface area (Å²) in [6, 6.07) is 0. The number of methoxy groups -OCH3 is 1. The highest BCUT2D eigenvalue weighted by atomic mass is 16.7. The average Bonchev–Trinajstić information content (AvgIpc) is 2.48. The SMILES string of the molecule is CO[C@@H](COC1O[C@@H](C)C(O)C(O)[C@@H]1O)C(CO)O[C@H](C)O. The molecule has 0 saturated carbocycles. The van der Waals surface area contributed by atoms with E-state index in [-0.39, 0.29) is 6.61 Å². The standard InChI is InChI=1S/C13H26O9/c1-6-10(16)11(17)12(18)13(21-6)20-5-9(19-3)8(4-14)22-7(2)15/h6-18H,4-5H2,1-3H3/t6-,7+,8?,9-,10?,11?,12-,13?/m0/s1. The molecule has 0 aliphatic carbocycles. The number of aliphatic hydroxyl groups is 5. The van der Waals surface area contributed by atoms with Gasteiger partial charge in [-0.3, -0.25) is 0 Å². The minimum atomic E-state index is -1.42. The predicted molar refractivity (Wildman–Crippen MR) is 72.7 cm³/mol. The Bertz CT molecular complexity index is 314. The number of hydrogen-bond donors (Lipinski definition) is 5. The maximum absolute atomic E-state index is 9.83. The van der Waals surface area contributed by atoms with E-state index in [0.29, 0.717) is 0 Å². The fourth-order valence-corrected chi connectivity index (χ4v) is 2.17. The maximum Gasteiger partial charge on any atom is 0.186 e. The van der Waals surface area contributed by atoms with Crippen molar-refractivity contribution < 1.29 is 44.5 Å². The molecule has 5 N–H and O–H groups in total. The highest BCUT2D eigenvalue weighted by Crippen LogP contribution is 2.22. The molecule has 0 aromatic carbocycles. The molecule has 22 heavy (non-hydrogen) atoms. The Morgan fingerprint density at radius 2 is 1.73 bits per heavy atom. The summed E-state index contributed by atoms with van der Waals surface area (Å²) in [5, 5.41) is 47.6. The molecule has 0 aromatic rings. The highest BCUT2D eigenvalue weighted by Gasteiger charge is 2.42. The Morgan fingerprint density at radius 3 is 2.23 bits per heavy atom. The highest BCUT2D eigenvalue weighted by molar-refractivity contribution is 4.87. The van der Waals surface area contributed by atoms with Crippen LogP contribution >= 0.6 is 0 Å². The molecule has 0 bridgehead atoms. The van der Waals surface area contributed by atoms with Gasteiger partial charge in [0.25, 0.3) is 0 Å². The van der Waals surface area contributed by atoms with Crippen LogP contribution in [0.4, 0.5) is 0 Å². The van der Waals surface area contributed by atoms with E-state index in [2.05, 4.69) is 0 Å². The molecule has 1 saturated heterocycles. The zero-order valence-corrected chi connectivity index (χ0v) is 12.9. The van der Waals surface area contributed by atoms with Crippen molar-refractivity contribution in [3.63, 3.8) is 0 Å². The number of hydrogen-bond acceptors (Lipinski definition) is 9. The molecule has 1 fully saturated rings. The normalized spacial score (nSPS) is 36.8. The van der Waals surface area contributed by atoms with E-state index in [4.69, 9.17) is 18.9 Å². The molecule has 4 unspecified atom stereocenters. The summed E-state index contributed by atoms with van der Waals surface area (Å²) in [4.78, 5) is 0. The van der Waals surface area contributed by atoms with Gasteiger partial charge in [0.2, 0.25) is 0 Å². The van der Waals surface area contributed by atoms with Crippen molar-refractivity contribution in [2.24, 2.45) is 0 Å². The molecular formula is C13H26O9. The monoisotopic (exact) mass is 326 g/mol. The van der Waals surface area contributed by atoms with Gasteiger partial charge in [0, 0.05) is 7.11 Å². The number of aliphatic hydroxyl groups excluding tert-OH is 5. The minimum absolute atomic E-state index is 0.119. The van der Waals surface area contributed by atoms with Gasteiger partial charge in [-0.25, -0.2) is 0 Å². The second kappa shape index (κ2) is 9.06. The Hall–Kier alpha value is -0.360. The Labute approximate surface area is 129 Å². The van der Waals surface area contributed by atoms with Gasteiger partial charge in [0.05, 0.1) is 19.3 Å². The summed E-state index contributed by atoms with van der Waals surface area (Å²) < 4.78 is 20.9. The fraction of sp³-hybridized carbons (Fsp3) is 1.00. The molecule has 0 spiro atoms. The van der Waals surface area contributed by atoms with Crippen LogP contribution in [-0.2, 0) is 18.9 Å². The number of ether oxygens (including phenoxy) is 4. The van der Waals surface area contributed by atoms with Crippen LogP contribution in [0, 0.1) is 0 Å². The molecule has 1 aliphatic heterocycles. The Balaban J connectivity index is 2.58. The van der Waals surface area contributed by atoms with Crippen molar-refractivity contribution in [3.8, 4) is 0 Å². The molecule has 0 radical (unpaired) electrons. The number of rotatable bonds is 8. The summed E-state index contributed by atoms with van der Waals surface area (Å²) in [6.45, 7) is 2.41. The summed E-state index contributed by atoms with van der Waals surface area (Å²) >= 11 is 0. The van der Waals surface area contributed by atoms with Crippen LogP contribution in [0.15, 0.2) is 0 Å². The fourth-order valence-electron chi connectivity index (χ4n) is 2.17. The molecule has 9 heteroatoms. The third kappa shape index (κ3) is 5.08. The van der Waals surface area contributed by atoms with Crippen LogP contribution in [0.5, 0.6) is 0 Å². The van der Waals surface area contributed by atoms with E-state index in [0.717, 1.165) is 0 Å². The molecule has 1 rings (SSSR count). The smallest absolute Gasteiger partial charge is 0.186 e. The largest absolute Gasteiger partial charge is 0.394 e. The summed E-state index contributed by atoms with van der Waals surface area (Å²) in [5.41, 5.74) is 0. The van der Waals surface area contributed by atoms with Crippen LogP contribution in [0.2, 0.25) is 0 Å². The van der Waals surface area contributed by atoms with E-state index < -0.39 is 55.8 Å². The van der Waals surface area contributed by atoms with Gasteiger partial charge in [-0.1, -0.05) is 0 Å². The van der Waals surface area contributed by atoms with E-state index >= 15 is 0 Å². The molecule has 1 heterocycles. The van der Waals surface area contributed by atoms with Crippen LogP contribution in [0.3, 0.4) is 0 Å². The van der Waals surface area contributed by atoms with Crippen molar-refractivity contribution in [2.75, 3.05) is 20.3 Å². The van der Waals surface area contributed by atoms with Crippen molar-refractivity contribution >= 4 is 0 Å². The van der Waals surface area contributed by atoms with Gasteiger partial charge in [-0.2, -0.15) is 0 Å². The third-order valence-electron chi connectivity index (χ3n) is 3.50. The summed E-state index contributed by atoms with van der Waals surface area (Å²) in [7, 11) is 1.38. The van der Waals surface area contributed by atoms with Gasteiger partial charge < -0.3 is 44.5 Å². The van der Waals surface area contributed by atoms with E-state index in [1.807, 2.05) is 0 Å². The van der Waals surface area contributed by atoms with E-state index in [9.17, 15) is 25.5 Å². The Kier molecular flexibility index (Phi) is 8.11. The van der Waals surface area contributed by atoms with Gasteiger partial charge >= 0.3 is 0 Å². The van der Waals surface area contributed by atoms with Crippen molar-refractivity contribution in [2.45, 2.75) is 63.1 Å². The van der Waals surface area contributed by atoms with Gasteiger partial charge in [-0.15, -0.1) is 0 Å². The first-order valence-corrected chi connectivity index (χ1v) is 7.10. The second-order valence-corrected chi connectivity index (χ2v) is 5.25. The van der Waals surface area contributed by atoms with Gasteiger partial charge in [0.15, 0.2) is 12.6 Å². The Morgan fingerprint density at radius 1 is 1.09 bits per heavy atom. The molecule has 132 valence electrons. The molecule has 0 amide bonds. The third-order valence-corrected chi connectivity index (χ3v) is 3.50. The first-order valence-electron chi connectivity index (χ1n) is 7.10. The van der Waals surface area contributed by atoms with Crippen molar-refractivity contribution in [1.29, 1.82) is 0 Å². The van der Waals surface area contributed by atoms with Crippen molar-refractivity contribution in [1.82, 2.24) is 0 Å². The van der Waals surface area contributed by atoms with Crippen LogP contribution in [0.25, 0.3) is 0 Å². The summed E-state index contributed by atoms with van der Waals surface area (Å²) in [6.07, 6.45) is -8.55. The van der Waals surface area contributed by atoms with E-state index in [1.165, 1.54) is 21.0 Å². The molecular weight excluding hydrogens is 300 g/mol. The zero-order valence-electron chi connectivity index (χ0n) is 12.9. The van der Waals surface area contributed by atoms with Gasteiger partial charge in [0.1, 0.15) is 30.5 Å². The first kappa shape index (κ1) is 19.7. The van der Waals surface area contributed by atoms with E-state index in [1.54, 1.807) is 0 Å². The maximum atomic E-state index is 9.83. The first-order chi connectivity index (χ1) is 10.3. The molecule has 9 nitrogen and oxygen atoms in total. The molecule has 8 atom stereocenters.